The van der Waals surface area contributed by atoms with Gasteiger partial charge in [-0.15, -0.1) is 0 Å². The minimum absolute atomic E-state index is 0.0852. The van der Waals surface area contributed by atoms with Crippen molar-refractivity contribution in [1.29, 1.82) is 0 Å². The van der Waals surface area contributed by atoms with Gasteiger partial charge in [0.2, 0.25) is 11.8 Å². The topological polar surface area (TPSA) is 80.0 Å². The highest BCUT2D eigenvalue weighted by Gasteiger charge is 2.28. The molecule has 2 heterocycles. The molecular weight excluding hydrogens is 220 g/mol. The average Bonchev–Trinajstić information content (AvgIpc) is 2.87. The molecule has 1 amide bonds. The molecule has 2 unspecified atom stereocenters. The van der Waals surface area contributed by atoms with E-state index in [0.717, 1.165) is 13.0 Å². The van der Waals surface area contributed by atoms with Crippen molar-refractivity contribution in [3.05, 3.63) is 11.7 Å². The lowest BCUT2D eigenvalue weighted by Crippen LogP contribution is -2.37. The Kier molecular flexibility index (Phi) is 3.73. The van der Waals surface area contributed by atoms with Gasteiger partial charge in [-0.2, -0.15) is 4.98 Å². The minimum Gasteiger partial charge on any atom is -0.355 e. The predicted octanol–water partition coefficient (Wildman–Crippen LogP) is 0.0347. The molecule has 2 rings (SSSR count). The molecule has 6 nitrogen and oxygen atoms in total. The van der Waals surface area contributed by atoms with Crippen molar-refractivity contribution in [1.82, 2.24) is 20.8 Å². The van der Waals surface area contributed by atoms with E-state index >= 15 is 0 Å². The van der Waals surface area contributed by atoms with E-state index in [-0.39, 0.29) is 17.9 Å². The molecule has 0 saturated carbocycles. The summed E-state index contributed by atoms with van der Waals surface area (Å²) in [4.78, 5) is 15.9. The van der Waals surface area contributed by atoms with Crippen molar-refractivity contribution in [2.24, 2.45) is 5.92 Å². The maximum Gasteiger partial charge on any atom is 0.224 e. The fourth-order valence-electron chi connectivity index (χ4n) is 2.09. The Hall–Kier alpha value is -1.43. The molecule has 1 aromatic heterocycles. The van der Waals surface area contributed by atoms with E-state index in [1.54, 1.807) is 6.92 Å². The first-order chi connectivity index (χ1) is 8.16. The summed E-state index contributed by atoms with van der Waals surface area (Å²) in [5, 5.41) is 9.95. The number of aromatic nitrogens is 2. The molecular formula is C11H18N4O2. The van der Waals surface area contributed by atoms with Crippen molar-refractivity contribution < 1.29 is 9.32 Å². The summed E-state index contributed by atoms with van der Waals surface area (Å²) in [5.41, 5.74) is 0. The zero-order valence-corrected chi connectivity index (χ0v) is 10.2. The molecule has 1 saturated heterocycles. The largest absolute Gasteiger partial charge is 0.355 e. The first-order valence-electron chi connectivity index (χ1n) is 5.97. The first kappa shape index (κ1) is 12.0. The molecule has 1 fully saturated rings. The van der Waals surface area contributed by atoms with Crippen LogP contribution in [0.5, 0.6) is 0 Å². The van der Waals surface area contributed by atoms with Crippen LogP contribution >= 0.6 is 0 Å². The summed E-state index contributed by atoms with van der Waals surface area (Å²) in [6, 6.07) is 0.266. The number of nitrogens with one attached hydrogen (secondary N) is 2. The number of nitrogens with zero attached hydrogens (tertiary/aromatic N) is 2. The molecule has 0 aromatic carbocycles. The van der Waals surface area contributed by atoms with E-state index in [4.69, 9.17) is 4.52 Å². The maximum atomic E-state index is 11.8. The molecule has 17 heavy (non-hydrogen) atoms. The van der Waals surface area contributed by atoms with Crippen molar-refractivity contribution in [2.75, 3.05) is 13.1 Å². The highest BCUT2D eigenvalue weighted by Crippen LogP contribution is 2.14. The molecule has 6 heteroatoms. The zero-order valence-electron chi connectivity index (χ0n) is 10.2. The van der Waals surface area contributed by atoms with Crippen LogP contribution in [0.3, 0.4) is 0 Å². The molecule has 2 N–H and O–H groups in total. The molecule has 1 aliphatic heterocycles. The van der Waals surface area contributed by atoms with Gasteiger partial charge in [0.25, 0.3) is 0 Å². The van der Waals surface area contributed by atoms with Gasteiger partial charge < -0.3 is 15.2 Å². The lowest BCUT2D eigenvalue weighted by Gasteiger charge is -2.14. The number of hydrogen-bond acceptors (Lipinski definition) is 5. The normalized spacial score (nSPS) is 23.9. The van der Waals surface area contributed by atoms with Gasteiger partial charge in [-0.25, -0.2) is 0 Å². The molecule has 0 spiro atoms. The van der Waals surface area contributed by atoms with E-state index in [9.17, 15) is 4.79 Å². The number of carbonyl (C=O) groups excluding carboxylic acids is 1. The van der Waals surface area contributed by atoms with Crippen molar-refractivity contribution in [3.63, 3.8) is 0 Å². The van der Waals surface area contributed by atoms with Crippen LogP contribution in [0, 0.1) is 12.8 Å². The first-order valence-corrected chi connectivity index (χ1v) is 5.97. The van der Waals surface area contributed by atoms with Crippen molar-refractivity contribution in [2.45, 2.75) is 32.7 Å². The standard InChI is InChI=1S/C11H18N4O2/c1-7-9(3-5-12-7)11(16)13-6-4-10-14-8(2)17-15-10/h7,9,12H,3-6H2,1-2H3,(H,13,16). The number of aryl methyl sites for hydroxylation is 1. The van der Waals surface area contributed by atoms with E-state index in [2.05, 4.69) is 20.8 Å². The fourth-order valence-corrected chi connectivity index (χ4v) is 2.09. The van der Waals surface area contributed by atoms with Crippen LogP contribution < -0.4 is 10.6 Å². The molecule has 1 aliphatic rings. The Labute approximate surface area is 100 Å². The van der Waals surface area contributed by atoms with Crippen LogP contribution in [0.15, 0.2) is 4.52 Å². The van der Waals surface area contributed by atoms with E-state index in [0.29, 0.717) is 24.7 Å². The Balaban J connectivity index is 1.73. The number of carbonyl (C=O) groups is 1. The second-order valence-electron chi connectivity index (χ2n) is 4.41. The molecule has 0 aliphatic carbocycles. The van der Waals surface area contributed by atoms with Gasteiger partial charge in [-0.1, -0.05) is 5.16 Å². The van der Waals surface area contributed by atoms with Crippen molar-refractivity contribution in [3.8, 4) is 0 Å². The average molecular weight is 238 g/mol. The van der Waals surface area contributed by atoms with Crippen LogP contribution in [-0.4, -0.2) is 35.2 Å². The van der Waals surface area contributed by atoms with Gasteiger partial charge in [0.1, 0.15) is 0 Å². The van der Waals surface area contributed by atoms with Crippen LogP contribution in [0.4, 0.5) is 0 Å². The number of rotatable bonds is 4. The predicted molar refractivity (Wildman–Crippen MR) is 61.3 cm³/mol. The third kappa shape index (κ3) is 3.03. The quantitative estimate of drug-likeness (QED) is 0.774. The van der Waals surface area contributed by atoms with E-state index in [1.807, 2.05) is 6.92 Å². The zero-order chi connectivity index (χ0) is 12.3. The Morgan fingerprint density at radius 2 is 2.47 bits per heavy atom. The van der Waals surface area contributed by atoms with Crippen LogP contribution in [0.1, 0.15) is 25.1 Å². The van der Waals surface area contributed by atoms with Gasteiger partial charge >= 0.3 is 0 Å². The third-order valence-corrected chi connectivity index (χ3v) is 3.08. The highest BCUT2D eigenvalue weighted by atomic mass is 16.5. The van der Waals surface area contributed by atoms with Gasteiger partial charge in [-0.3, -0.25) is 4.79 Å². The van der Waals surface area contributed by atoms with Gasteiger partial charge in [-0.05, 0) is 19.9 Å². The van der Waals surface area contributed by atoms with Crippen LogP contribution in [0.2, 0.25) is 0 Å². The lowest BCUT2D eigenvalue weighted by atomic mass is 10.0. The second kappa shape index (κ2) is 5.27. The Bertz CT molecular complexity index is 391. The maximum absolute atomic E-state index is 11.8. The van der Waals surface area contributed by atoms with Gasteiger partial charge in [0.15, 0.2) is 5.82 Å². The third-order valence-electron chi connectivity index (χ3n) is 3.08. The monoisotopic (exact) mass is 238 g/mol. The smallest absolute Gasteiger partial charge is 0.224 e. The summed E-state index contributed by atoms with van der Waals surface area (Å²) >= 11 is 0. The van der Waals surface area contributed by atoms with Gasteiger partial charge in [0, 0.05) is 25.9 Å². The lowest BCUT2D eigenvalue weighted by molar-refractivity contribution is -0.125. The molecule has 2 atom stereocenters. The van der Waals surface area contributed by atoms with E-state index in [1.165, 1.54) is 0 Å². The number of amides is 1. The fraction of sp³-hybridized carbons (Fsp3) is 0.727. The SMILES string of the molecule is Cc1nc(CCNC(=O)C2CCNC2C)no1. The number of hydrogen-bond donors (Lipinski definition) is 2. The molecule has 0 bridgehead atoms. The summed E-state index contributed by atoms with van der Waals surface area (Å²) in [7, 11) is 0. The van der Waals surface area contributed by atoms with Crippen LogP contribution in [0.25, 0.3) is 0 Å². The van der Waals surface area contributed by atoms with Gasteiger partial charge in [0.05, 0.1) is 5.92 Å². The summed E-state index contributed by atoms with van der Waals surface area (Å²) < 4.78 is 4.86. The van der Waals surface area contributed by atoms with Crippen LogP contribution in [-0.2, 0) is 11.2 Å². The summed E-state index contributed by atoms with van der Waals surface area (Å²) in [6.45, 7) is 5.27. The van der Waals surface area contributed by atoms with E-state index < -0.39 is 0 Å². The summed E-state index contributed by atoms with van der Waals surface area (Å²) in [5.74, 6) is 1.39. The van der Waals surface area contributed by atoms with Crippen molar-refractivity contribution >= 4 is 5.91 Å². The molecule has 0 radical (unpaired) electrons. The summed E-state index contributed by atoms with van der Waals surface area (Å²) in [6.07, 6.45) is 1.52. The highest BCUT2D eigenvalue weighted by molar-refractivity contribution is 5.79. The minimum atomic E-state index is 0.0852. The molecule has 1 aromatic rings. The Morgan fingerprint density at radius 1 is 1.65 bits per heavy atom. The molecule has 94 valence electrons. The Morgan fingerprint density at radius 3 is 3.06 bits per heavy atom. The second-order valence-corrected chi connectivity index (χ2v) is 4.41.